The summed E-state index contributed by atoms with van der Waals surface area (Å²) in [4.78, 5) is 10.9. The first-order valence-corrected chi connectivity index (χ1v) is 6.18. The molecule has 0 saturated heterocycles. The topological polar surface area (TPSA) is 46.5 Å². The maximum Gasteiger partial charge on any atom is 0.306 e. The van der Waals surface area contributed by atoms with Crippen LogP contribution in [-0.4, -0.2) is 18.2 Å². The van der Waals surface area contributed by atoms with Crippen molar-refractivity contribution in [2.45, 2.75) is 31.6 Å². The van der Waals surface area contributed by atoms with E-state index in [0.717, 1.165) is 18.4 Å². The molecular formula is C14H17FO3. The predicted molar refractivity (Wildman–Crippen MR) is 65.3 cm³/mol. The maximum absolute atomic E-state index is 13.3. The molecule has 0 aromatic heterocycles. The fourth-order valence-electron chi connectivity index (χ4n) is 2.68. The van der Waals surface area contributed by atoms with Crippen LogP contribution in [-0.2, 0) is 4.79 Å². The Labute approximate surface area is 106 Å². The number of halogens is 1. The zero-order chi connectivity index (χ0) is 13.1. The number of rotatable bonds is 3. The molecule has 2 rings (SSSR count). The summed E-state index contributed by atoms with van der Waals surface area (Å²) in [6.45, 7) is 0. The number of carboxylic acids is 1. The average Bonchev–Trinajstić information content (AvgIpc) is 2.39. The zero-order valence-corrected chi connectivity index (χ0v) is 10.4. The highest BCUT2D eigenvalue weighted by Gasteiger charge is 2.28. The summed E-state index contributed by atoms with van der Waals surface area (Å²) >= 11 is 0. The van der Waals surface area contributed by atoms with Gasteiger partial charge >= 0.3 is 5.97 Å². The van der Waals surface area contributed by atoms with E-state index in [2.05, 4.69) is 0 Å². The molecule has 1 aromatic carbocycles. The van der Waals surface area contributed by atoms with Gasteiger partial charge in [0.2, 0.25) is 0 Å². The summed E-state index contributed by atoms with van der Waals surface area (Å²) in [6.07, 6.45) is 2.85. The second kappa shape index (κ2) is 5.38. The predicted octanol–water partition coefficient (Wildman–Crippen LogP) is 3.19. The van der Waals surface area contributed by atoms with Gasteiger partial charge in [0, 0.05) is 5.56 Å². The Hall–Kier alpha value is -1.58. The summed E-state index contributed by atoms with van der Waals surface area (Å²) in [6, 6.07) is 4.52. The van der Waals surface area contributed by atoms with Crippen molar-refractivity contribution in [3.8, 4) is 5.75 Å². The first kappa shape index (κ1) is 12.9. The third-order valence-corrected chi connectivity index (χ3v) is 3.71. The minimum atomic E-state index is -0.723. The van der Waals surface area contributed by atoms with Crippen molar-refractivity contribution in [3.05, 3.63) is 29.6 Å². The zero-order valence-electron chi connectivity index (χ0n) is 10.4. The molecule has 0 radical (unpaired) electrons. The molecule has 1 saturated carbocycles. The molecule has 0 bridgehead atoms. The van der Waals surface area contributed by atoms with Crippen LogP contribution in [0.5, 0.6) is 5.75 Å². The quantitative estimate of drug-likeness (QED) is 0.898. The van der Waals surface area contributed by atoms with Gasteiger partial charge in [0.1, 0.15) is 11.6 Å². The van der Waals surface area contributed by atoms with Gasteiger partial charge in [0.25, 0.3) is 0 Å². The van der Waals surface area contributed by atoms with E-state index in [1.165, 1.54) is 12.1 Å². The lowest BCUT2D eigenvalue weighted by molar-refractivity contribution is -0.142. The number of carbonyl (C=O) groups is 1. The normalized spacial score (nSPS) is 23.7. The van der Waals surface area contributed by atoms with Crippen molar-refractivity contribution in [2.75, 3.05) is 7.11 Å². The second-order valence-corrected chi connectivity index (χ2v) is 4.77. The molecule has 0 atom stereocenters. The molecule has 1 aliphatic rings. The molecule has 1 aliphatic carbocycles. The Morgan fingerprint density at radius 3 is 2.56 bits per heavy atom. The molecule has 18 heavy (non-hydrogen) atoms. The van der Waals surface area contributed by atoms with Gasteiger partial charge in [0.15, 0.2) is 0 Å². The molecule has 0 aliphatic heterocycles. The van der Waals surface area contributed by atoms with E-state index in [1.54, 1.807) is 13.2 Å². The number of ether oxygens (including phenoxy) is 1. The van der Waals surface area contributed by atoms with Crippen LogP contribution >= 0.6 is 0 Å². The average molecular weight is 252 g/mol. The number of hydrogen-bond acceptors (Lipinski definition) is 2. The molecule has 4 heteroatoms. The van der Waals surface area contributed by atoms with E-state index in [-0.39, 0.29) is 17.7 Å². The van der Waals surface area contributed by atoms with E-state index >= 15 is 0 Å². The largest absolute Gasteiger partial charge is 0.496 e. The Morgan fingerprint density at radius 2 is 2.00 bits per heavy atom. The summed E-state index contributed by atoms with van der Waals surface area (Å²) in [5.74, 6) is -0.354. The van der Waals surface area contributed by atoms with Crippen molar-refractivity contribution in [2.24, 2.45) is 5.92 Å². The number of methoxy groups -OCH3 is 1. The summed E-state index contributed by atoms with van der Waals surface area (Å²) < 4.78 is 18.5. The molecule has 1 aromatic rings. The van der Waals surface area contributed by atoms with Gasteiger partial charge in [0.05, 0.1) is 13.0 Å². The Bertz CT molecular complexity index is 437. The molecule has 1 N–H and O–H groups in total. The van der Waals surface area contributed by atoms with Gasteiger partial charge in [-0.1, -0.05) is 0 Å². The van der Waals surface area contributed by atoms with Crippen LogP contribution in [0.15, 0.2) is 18.2 Å². The first-order chi connectivity index (χ1) is 8.61. The minimum absolute atomic E-state index is 0.200. The third-order valence-electron chi connectivity index (χ3n) is 3.71. The lowest BCUT2D eigenvalue weighted by Crippen LogP contribution is -2.20. The standard InChI is InChI=1S/C14H17FO3/c1-18-13-7-6-11(15)8-12(13)9-2-4-10(5-3-9)14(16)17/h6-10H,2-5H2,1H3,(H,16,17)/t9-,10-. The molecule has 0 heterocycles. The third kappa shape index (κ3) is 2.63. The fourth-order valence-corrected chi connectivity index (χ4v) is 2.68. The molecule has 0 unspecified atom stereocenters. The summed E-state index contributed by atoms with van der Waals surface area (Å²) in [7, 11) is 1.57. The summed E-state index contributed by atoms with van der Waals surface area (Å²) in [5, 5.41) is 8.96. The highest BCUT2D eigenvalue weighted by Crippen LogP contribution is 2.39. The van der Waals surface area contributed by atoms with Crippen molar-refractivity contribution in [1.82, 2.24) is 0 Å². The van der Waals surface area contributed by atoms with E-state index in [1.807, 2.05) is 0 Å². The van der Waals surface area contributed by atoms with Crippen LogP contribution in [0, 0.1) is 11.7 Å². The molecule has 98 valence electrons. The second-order valence-electron chi connectivity index (χ2n) is 4.77. The Balaban J connectivity index is 2.14. The Morgan fingerprint density at radius 1 is 1.33 bits per heavy atom. The molecule has 3 nitrogen and oxygen atoms in total. The van der Waals surface area contributed by atoms with Gasteiger partial charge in [-0.2, -0.15) is 0 Å². The van der Waals surface area contributed by atoms with Crippen molar-refractivity contribution >= 4 is 5.97 Å². The van der Waals surface area contributed by atoms with Crippen molar-refractivity contribution in [1.29, 1.82) is 0 Å². The van der Waals surface area contributed by atoms with Crippen LogP contribution in [0.2, 0.25) is 0 Å². The van der Waals surface area contributed by atoms with E-state index in [0.29, 0.717) is 18.6 Å². The monoisotopic (exact) mass is 252 g/mol. The van der Waals surface area contributed by atoms with Gasteiger partial charge in [-0.05, 0) is 49.8 Å². The van der Waals surface area contributed by atoms with E-state index in [9.17, 15) is 9.18 Å². The lowest BCUT2D eigenvalue weighted by atomic mass is 9.78. The van der Waals surface area contributed by atoms with Crippen molar-refractivity contribution in [3.63, 3.8) is 0 Å². The molecule has 0 spiro atoms. The highest BCUT2D eigenvalue weighted by atomic mass is 19.1. The number of aliphatic carboxylic acids is 1. The minimum Gasteiger partial charge on any atom is -0.496 e. The number of hydrogen-bond donors (Lipinski definition) is 1. The van der Waals surface area contributed by atoms with Gasteiger partial charge in [-0.15, -0.1) is 0 Å². The van der Waals surface area contributed by atoms with Gasteiger partial charge in [-0.3, -0.25) is 4.79 Å². The molecular weight excluding hydrogens is 235 g/mol. The van der Waals surface area contributed by atoms with Crippen LogP contribution < -0.4 is 4.74 Å². The van der Waals surface area contributed by atoms with Crippen LogP contribution in [0.25, 0.3) is 0 Å². The van der Waals surface area contributed by atoms with Crippen LogP contribution in [0.1, 0.15) is 37.2 Å². The molecule has 1 fully saturated rings. The van der Waals surface area contributed by atoms with Crippen molar-refractivity contribution < 1.29 is 19.0 Å². The van der Waals surface area contributed by atoms with Gasteiger partial charge in [-0.25, -0.2) is 4.39 Å². The van der Waals surface area contributed by atoms with Gasteiger partial charge < -0.3 is 9.84 Å². The smallest absolute Gasteiger partial charge is 0.306 e. The van der Waals surface area contributed by atoms with E-state index < -0.39 is 5.97 Å². The summed E-state index contributed by atoms with van der Waals surface area (Å²) in [5.41, 5.74) is 0.862. The maximum atomic E-state index is 13.3. The Kier molecular flexibility index (Phi) is 3.84. The number of carboxylic acid groups (broad SMARTS) is 1. The van der Waals surface area contributed by atoms with Crippen LogP contribution in [0.4, 0.5) is 4.39 Å². The first-order valence-electron chi connectivity index (χ1n) is 6.18. The number of benzene rings is 1. The molecule has 0 amide bonds. The van der Waals surface area contributed by atoms with Crippen LogP contribution in [0.3, 0.4) is 0 Å². The highest BCUT2D eigenvalue weighted by molar-refractivity contribution is 5.70. The SMILES string of the molecule is COc1ccc(F)cc1[C@H]1CC[C@H](C(=O)O)CC1. The lowest BCUT2D eigenvalue weighted by Gasteiger charge is -2.27. The van der Waals surface area contributed by atoms with E-state index in [4.69, 9.17) is 9.84 Å². The fraction of sp³-hybridized carbons (Fsp3) is 0.500.